The molecule has 88 valence electrons. The fourth-order valence-corrected chi connectivity index (χ4v) is 2.14. The summed E-state index contributed by atoms with van der Waals surface area (Å²) in [6, 6.07) is 0. The molecule has 0 saturated heterocycles. The first-order chi connectivity index (χ1) is 7.13. The van der Waals surface area contributed by atoms with Gasteiger partial charge >= 0.3 is 0 Å². The highest BCUT2D eigenvalue weighted by Gasteiger charge is 2.35. The van der Waals surface area contributed by atoms with E-state index in [2.05, 4.69) is 5.32 Å². The molecule has 0 aromatic carbocycles. The van der Waals surface area contributed by atoms with Gasteiger partial charge in [0, 0.05) is 5.92 Å². The maximum Gasteiger partial charge on any atom is 0.223 e. The molecule has 4 heteroatoms. The van der Waals surface area contributed by atoms with Crippen LogP contribution in [0.5, 0.6) is 0 Å². The highest BCUT2D eigenvalue weighted by molar-refractivity contribution is 5.79. The van der Waals surface area contributed by atoms with E-state index in [1.165, 1.54) is 0 Å². The Labute approximate surface area is 91.2 Å². The van der Waals surface area contributed by atoms with E-state index >= 15 is 0 Å². The number of amides is 1. The van der Waals surface area contributed by atoms with Crippen LogP contribution in [0.1, 0.15) is 39.0 Å². The number of hydrogen-bond donors (Lipinski definition) is 3. The largest absolute Gasteiger partial charge is 0.394 e. The van der Waals surface area contributed by atoms with Gasteiger partial charge in [-0.1, -0.05) is 19.8 Å². The van der Waals surface area contributed by atoms with E-state index in [1.807, 2.05) is 6.92 Å². The first-order valence-corrected chi connectivity index (χ1v) is 5.76. The Kier molecular flexibility index (Phi) is 4.54. The molecule has 1 aliphatic carbocycles. The Balaban J connectivity index is 2.48. The van der Waals surface area contributed by atoms with Crippen LogP contribution in [0.3, 0.4) is 0 Å². The predicted octanol–water partition coefficient (Wildman–Crippen LogP) is 0.393. The van der Waals surface area contributed by atoms with Gasteiger partial charge in [-0.3, -0.25) is 4.79 Å². The van der Waals surface area contributed by atoms with Gasteiger partial charge in [0.2, 0.25) is 5.91 Å². The number of aliphatic hydroxyl groups is 1. The Morgan fingerprint density at radius 1 is 1.53 bits per heavy atom. The lowest BCUT2D eigenvalue weighted by Gasteiger charge is -2.29. The van der Waals surface area contributed by atoms with E-state index in [-0.39, 0.29) is 24.0 Å². The third-order valence-electron chi connectivity index (χ3n) is 3.30. The number of aliphatic hydroxyl groups excluding tert-OH is 1. The van der Waals surface area contributed by atoms with Gasteiger partial charge < -0.3 is 16.2 Å². The Morgan fingerprint density at radius 2 is 2.13 bits per heavy atom. The summed E-state index contributed by atoms with van der Waals surface area (Å²) < 4.78 is 0. The molecular formula is C11H22N2O2. The van der Waals surface area contributed by atoms with Crippen molar-refractivity contribution in [1.29, 1.82) is 0 Å². The zero-order valence-electron chi connectivity index (χ0n) is 9.46. The number of hydrogen-bond acceptors (Lipinski definition) is 3. The molecule has 0 bridgehead atoms. The van der Waals surface area contributed by atoms with Crippen molar-refractivity contribution in [1.82, 2.24) is 5.32 Å². The highest BCUT2D eigenvalue weighted by atomic mass is 16.3. The number of rotatable bonds is 5. The maximum atomic E-state index is 11.8. The summed E-state index contributed by atoms with van der Waals surface area (Å²) in [5, 5.41) is 12.3. The van der Waals surface area contributed by atoms with Crippen LogP contribution in [0.15, 0.2) is 0 Å². The molecule has 1 aliphatic rings. The minimum absolute atomic E-state index is 0.0244. The van der Waals surface area contributed by atoms with Crippen molar-refractivity contribution in [3.8, 4) is 0 Å². The lowest BCUT2D eigenvalue weighted by atomic mass is 9.97. The summed E-state index contributed by atoms with van der Waals surface area (Å²) in [6.07, 6.45) is 4.67. The second kappa shape index (κ2) is 5.47. The average molecular weight is 214 g/mol. The Morgan fingerprint density at radius 3 is 2.60 bits per heavy atom. The fraction of sp³-hybridized carbons (Fsp3) is 0.909. The SMILES string of the molecule is CC(CCN)C(=O)NC1(CO)CCCC1. The molecule has 15 heavy (non-hydrogen) atoms. The third kappa shape index (κ3) is 3.18. The molecule has 0 aliphatic heterocycles. The number of nitrogens with two attached hydrogens (primary N) is 1. The quantitative estimate of drug-likeness (QED) is 0.620. The minimum Gasteiger partial charge on any atom is -0.394 e. The van der Waals surface area contributed by atoms with Gasteiger partial charge in [0.05, 0.1) is 12.1 Å². The molecule has 0 radical (unpaired) electrons. The lowest BCUT2D eigenvalue weighted by Crippen LogP contribution is -2.51. The van der Waals surface area contributed by atoms with Gasteiger partial charge in [0.25, 0.3) is 0 Å². The van der Waals surface area contributed by atoms with E-state index in [9.17, 15) is 9.90 Å². The molecule has 0 heterocycles. The number of nitrogens with one attached hydrogen (secondary N) is 1. The zero-order chi connectivity index (χ0) is 11.3. The van der Waals surface area contributed by atoms with Crippen molar-refractivity contribution < 1.29 is 9.90 Å². The smallest absolute Gasteiger partial charge is 0.223 e. The standard InChI is InChI=1S/C11H22N2O2/c1-9(4-7-12)10(15)13-11(8-14)5-2-3-6-11/h9,14H,2-8,12H2,1H3,(H,13,15). The molecule has 4 N–H and O–H groups in total. The van der Waals surface area contributed by atoms with Crippen molar-refractivity contribution in [2.24, 2.45) is 11.7 Å². The molecule has 1 fully saturated rings. The lowest BCUT2D eigenvalue weighted by molar-refractivity contribution is -0.127. The third-order valence-corrected chi connectivity index (χ3v) is 3.30. The summed E-state index contributed by atoms with van der Waals surface area (Å²) >= 11 is 0. The number of carbonyl (C=O) groups is 1. The van der Waals surface area contributed by atoms with Crippen LogP contribution in [0, 0.1) is 5.92 Å². The van der Waals surface area contributed by atoms with Gasteiger partial charge in [0.15, 0.2) is 0 Å². The fourth-order valence-electron chi connectivity index (χ4n) is 2.14. The van der Waals surface area contributed by atoms with E-state index in [0.29, 0.717) is 13.0 Å². The maximum absolute atomic E-state index is 11.8. The van der Waals surface area contributed by atoms with Crippen LogP contribution >= 0.6 is 0 Å². The number of carbonyl (C=O) groups excluding carboxylic acids is 1. The van der Waals surface area contributed by atoms with Crippen molar-refractivity contribution in [2.75, 3.05) is 13.2 Å². The predicted molar refractivity (Wildman–Crippen MR) is 59.3 cm³/mol. The van der Waals surface area contributed by atoms with Crippen molar-refractivity contribution in [3.05, 3.63) is 0 Å². The molecule has 1 atom stereocenters. The van der Waals surface area contributed by atoms with Gasteiger partial charge in [-0.15, -0.1) is 0 Å². The molecule has 1 unspecified atom stereocenters. The summed E-state index contributed by atoms with van der Waals surface area (Å²) in [5.41, 5.74) is 5.06. The molecule has 0 spiro atoms. The minimum atomic E-state index is -0.347. The monoisotopic (exact) mass is 214 g/mol. The van der Waals surface area contributed by atoms with Crippen LogP contribution in [0.4, 0.5) is 0 Å². The summed E-state index contributed by atoms with van der Waals surface area (Å²) in [4.78, 5) is 11.8. The summed E-state index contributed by atoms with van der Waals surface area (Å²) in [5.74, 6) is -0.0320. The zero-order valence-corrected chi connectivity index (χ0v) is 9.46. The topological polar surface area (TPSA) is 75.4 Å². The van der Waals surface area contributed by atoms with Crippen molar-refractivity contribution in [3.63, 3.8) is 0 Å². The van der Waals surface area contributed by atoms with Gasteiger partial charge in [-0.2, -0.15) is 0 Å². The van der Waals surface area contributed by atoms with Crippen LogP contribution in [-0.4, -0.2) is 29.7 Å². The van der Waals surface area contributed by atoms with Gasteiger partial charge in [0.1, 0.15) is 0 Å². The van der Waals surface area contributed by atoms with E-state index in [4.69, 9.17) is 5.73 Å². The molecular weight excluding hydrogens is 192 g/mol. The van der Waals surface area contributed by atoms with E-state index < -0.39 is 0 Å². The molecule has 4 nitrogen and oxygen atoms in total. The van der Waals surface area contributed by atoms with E-state index in [1.54, 1.807) is 0 Å². The second-order valence-corrected chi connectivity index (χ2v) is 4.61. The van der Waals surface area contributed by atoms with E-state index in [0.717, 1.165) is 25.7 Å². The van der Waals surface area contributed by atoms with Crippen LogP contribution in [0.2, 0.25) is 0 Å². The first-order valence-electron chi connectivity index (χ1n) is 5.76. The highest BCUT2D eigenvalue weighted by Crippen LogP contribution is 2.29. The van der Waals surface area contributed by atoms with Gasteiger partial charge in [-0.25, -0.2) is 0 Å². The summed E-state index contributed by atoms with van der Waals surface area (Å²) in [6.45, 7) is 2.46. The molecule has 0 aromatic heterocycles. The van der Waals surface area contributed by atoms with Crippen LogP contribution in [0.25, 0.3) is 0 Å². The van der Waals surface area contributed by atoms with Gasteiger partial charge in [-0.05, 0) is 25.8 Å². The second-order valence-electron chi connectivity index (χ2n) is 4.61. The molecule has 0 aromatic rings. The summed E-state index contributed by atoms with van der Waals surface area (Å²) in [7, 11) is 0. The van der Waals surface area contributed by atoms with Crippen LogP contribution in [-0.2, 0) is 4.79 Å². The van der Waals surface area contributed by atoms with Crippen molar-refractivity contribution >= 4 is 5.91 Å². The first kappa shape index (κ1) is 12.5. The van der Waals surface area contributed by atoms with Crippen molar-refractivity contribution in [2.45, 2.75) is 44.6 Å². The Hall–Kier alpha value is -0.610. The normalized spacial score (nSPS) is 21.3. The molecule has 1 rings (SSSR count). The average Bonchev–Trinajstić information content (AvgIpc) is 2.67. The molecule has 1 saturated carbocycles. The van der Waals surface area contributed by atoms with Crippen LogP contribution < -0.4 is 11.1 Å². The molecule has 1 amide bonds. The Bertz CT molecular complexity index is 213.